The molecular weight excluding hydrogens is 235 g/mol. The lowest BCUT2D eigenvalue weighted by Gasteiger charge is -2.13. The van der Waals surface area contributed by atoms with Crippen molar-refractivity contribution in [3.63, 3.8) is 0 Å². The summed E-state index contributed by atoms with van der Waals surface area (Å²) in [5, 5.41) is 3.10. The van der Waals surface area contributed by atoms with Gasteiger partial charge in [0.15, 0.2) is 11.6 Å². The van der Waals surface area contributed by atoms with E-state index < -0.39 is 5.82 Å². The van der Waals surface area contributed by atoms with E-state index in [2.05, 4.69) is 5.32 Å². The Balaban J connectivity index is 2.61. The van der Waals surface area contributed by atoms with E-state index in [1.807, 2.05) is 13.8 Å². The molecule has 0 atom stereocenters. The molecule has 4 nitrogen and oxygen atoms in total. The molecule has 0 aliphatic carbocycles. The van der Waals surface area contributed by atoms with Gasteiger partial charge in [-0.3, -0.25) is 0 Å². The van der Waals surface area contributed by atoms with E-state index in [1.54, 1.807) is 13.0 Å². The van der Waals surface area contributed by atoms with Gasteiger partial charge in [-0.1, -0.05) is 0 Å². The SMILES string of the molecule is CCOc1cc(NCCOC(C)C)c(N)cc1F. The first kappa shape index (κ1) is 14.6. The first-order chi connectivity index (χ1) is 8.54. The van der Waals surface area contributed by atoms with Crippen LogP contribution in [0.2, 0.25) is 0 Å². The number of hydrogen-bond donors (Lipinski definition) is 2. The minimum atomic E-state index is -0.446. The summed E-state index contributed by atoms with van der Waals surface area (Å²) in [4.78, 5) is 0. The number of rotatable bonds is 7. The van der Waals surface area contributed by atoms with Crippen molar-refractivity contribution >= 4 is 11.4 Å². The highest BCUT2D eigenvalue weighted by atomic mass is 19.1. The molecular formula is C13H21FN2O2. The molecule has 0 heterocycles. The number of nitrogens with two attached hydrogens (primary N) is 1. The van der Waals surface area contributed by atoms with Gasteiger partial charge in [0.25, 0.3) is 0 Å². The fourth-order valence-electron chi connectivity index (χ4n) is 1.47. The van der Waals surface area contributed by atoms with Crippen molar-refractivity contribution in [1.29, 1.82) is 0 Å². The highest BCUT2D eigenvalue weighted by Gasteiger charge is 2.08. The second-order valence-corrected chi connectivity index (χ2v) is 4.15. The van der Waals surface area contributed by atoms with Gasteiger partial charge >= 0.3 is 0 Å². The molecule has 1 aromatic carbocycles. The van der Waals surface area contributed by atoms with Crippen LogP contribution < -0.4 is 15.8 Å². The first-order valence-electron chi connectivity index (χ1n) is 6.11. The van der Waals surface area contributed by atoms with Crippen LogP contribution in [0.4, 0.5) is 15.8 Å². The molecule has 3 N–H and O–H groups in total. The van der Waals surface area contributed by atoms with E-state index >= 15 is 0 Å². The van der Waals surface area contributed by atoms with Crippen LogP contribution in [0.5, 0.6) is 5.75 Å². The van der Waals surface area contributed by atoms with E-state index in [1.165, 1.54) is 6.07 Å². The van der Waals surface area contributed by atoms with Crippen LogP contribution in [0, 0.1) is 5.82 Å². The smallest absolute Gasteiger partial charge is 0.167 e. The fourth-order valence-corrected chi connectivity index (χ4v) is 1.47. The second-order valence-electron chi connectivity index (χ2n) is 4.15. The molecule has 1 rings (SSSR count). The Hall–Kier alpha value is -1.49. The van der Waals surface area contributed by atoms with Crippen molar-refractivity contribution in [2.75, 3.05) is 30.8 Å². The zero-order valence-electron chi connectivity index (χ0n) is 11.1. The average molecular weight is 256 g/mol. The lowest BCUT2D eigenvalue weighted by Crippen LogP contribution is -2.14. The predicted octanol–water partition coefficient (Wildman–Crippen LogP) is 2.64. The van der Waals surface area contributed by atoms with Gasteiger partial charge < -0.3 is 20.5 Å². The van der Waals surface area contributed by atoms with Crippen LogP contribution in [-0.4, -0.2) is 25.9 Å². The van der Waals surface area contributed by atoms with Crippen molar-refractivity contribution in [2.45, 2.75) is 26.9 Å². The second kappa shape index (κ2) is 7.06. The monoisotopic (exact) mass is 256 g/mol. The maximum atomic E-state index is 13.5. The molecule has 18 heavy (non-hydrogen) atoms. The maximum Gasteiger partial charge on any atom is 0.167 e. The van der Waals surface area contributed by atoms with Gasteiger partial charge in [0.1, 0.15) is 0 Å². The number of benzene rings is 1. The molecule has 0 saturated heterocycles. The molecule has 0 aliphatic heterocycles. The molecule has 0 saturated carbocycles. The topological polar surface area (TPSA) is 56.5 Å². The number of ether oxygens (including phenoxy) is 2. The Morgan fingerprint density at radius 3 is 2.72 bits per heavy atom. The molecule has 0 fully saturated rings. The third-order valence-electron chi connectivity index (χ3n) is 2.27. The lowest BCUT2D eigenvalue weighted by molar-refractivity contribution is 0.0870. The van der Waals surface area contributed by atoms with E-state index in [-0.39, 0.29) is 11.9 Å². The van der Waals surface area contributed by atoms with Crippen molar-refractivity contribution in [3.05, 3.63) is 17.9 Å². The van der Waals surface area contributed by atoms with E-state index in [0.717, 1.165) is 0 Å². The zero-order valence-corrected chi connectivity index (χ0v) is 11.1. The van der Waals surface area contributed by atoms with Gasteiger partial charge in [-0.2, -0.15) is 0 Å². The van der Waals surface area contributed by atoms with Gasteiger partial charge in [-0.05, 0) is 20.8 Å². The normalized spacial score (nSPS) is 10.7. The quantitative estimate of drug-likeness (QED) is 0.581. The molecule has 0 aliphatic rings. The molecule has 0 amide bonds. The summed E-state index contributed by atoms with van der Waals surface area (Å²) >= 11 is 0. The van der Waals surface area contributed by atoms with E-state index in [9.17, 15) is 4.39 Å². The Labute approximate surface area is 107 Å². The summed E-state index contributed by atoms with van der Waals surface area (Å²) < 4.78 is 24.0. The van der Waals surface area contributed by atoms with Crippen molar-refractivity contribution < 1.29 is 13.9 Å². The lowest BCUT2D eigenvalue weighted by atomic mass is 10.2. The van der Waals surface area contributed by atoms with Crippen molar-refractivity contribution in [3.8, 4) is 5.75 Å². The van der Waals surface area contributed by atoms with Crippen LogP contribution in [0.1, 0.15) is 20.8 Å². The van der Waals surface area contributed by atoms with Crippen molar-refractivity contribution in [2.24, 2.45) is 0 Å². The van der Waals surface area contributed by atoms with Gasteiger partial charge in [0.2, 0.25) is 0 Å². The van der Waals surface area contributed by atoms with E-state index in [4.69, 9.17) is 15.2 Å². The molecule has 0 unspecified atom stereocenters. The van der Waals surface area contributed by atoms with Gasteiger partial charge in [-0.15, -0.1) is 0 Å². The van der Waals surface area contributed by atoms with Gasteiger partial charge in [0, 0.05) is 18.7 Å². The highest BCUT2D eigenvalue weighted by Crippen LogP contribution is 2.28. The summed E-state index contributed by atoms with van der Waals surface area (Å²) in [6, 6.07) is 2.83. The molecule has 102 valence electrons. The predicted molar refractivity (Wildman–Crippen MR) is 71.6 cm³/mol. The van der Waals surface area contributed by atoms with Gasteiger partial charge in [-0.25, -0.2) is 4.39 Å². The number of anilines is 2. The summed E-state index contributed by atoms with van der Waals surface area (Å²) in [5.41, 5.74) is 6.75. The van der Waals surface area contributed by atoms with Crippen molar-refractivity contribution in [1.82, 2.24) is 0 Å². The summed E-state index contributed by atoms with van der Waals surface area (Å²) in [6.07, 6.45) is 0.191. The van der Waals surface area contributed by atoms with Gasteiger partial charge in [0.05, 0.1) is 30.7 Å². The first-order valence-corrected chi connectivity index (χ1v) is 6.11. The number of halogens is 1. The molecule has 0 bridgehead atoms. The van der Waals surface area contributed by atoms with Crippen LogP contribution in [0.3, 0.4) is 0 Å². The Kier molecular flexibility index (Phi) is 5.71. The summed E-state index contributed by atoms with van der Waals surface area (Å²) in [6.45, 7) is 7.34. The molecule has 1 aromatic rings. The third kappa shape index (κ3) is 4.41. The van der Waals surface area contributed by atoms with E-state index in [0.29, 0.717) is 31.1 Å². The Morgan fingerprint density at radius 2 is 2.11 bits per heavy atom. The average Bonchev–Trinajstić information content (AvgIpc) is 2.29. The maximum absolute atomic E-state index is 13.5. The molecule has 0 aromatic heterocycles. The largest absolute Gasteiger partial charge is 0.491 e. The van der Waals surface area contributed by atoms with Crippen LogP contribution in [-0.2, 0) is 4.74 Å². The number of hydrogen-bond acceptors (Lipinski definition) is 4. The Morgan fingerprint density at radius 1 is 1.39 bits per heavy atom. The zero-order chi connectivity index (χ0) is 13.5. The van der Waals surface area contributed by atoms with Crippen LogP contribution in [0.25, 0.3) is 0 Å². The standard InChI is InChI=1S/C13H21FN2O2/c1-4-17-13-8-12(11(15)7-10(13)14)16-5-6-18-9(2)3/h7-9,16H,4-6,15H2,1-3H3. The molecule has 0 radical (unpaired) electrons. The molecule has 0 spiro atoms. The summed E-state index contributed by atoms with van der Waals surface area (Å²) in [7, 11) is 0. The molecule has 5 heteroatoms. The Bertz CT molecular complexity index is 383. The fraction of sp³-hybridized carbons (Fsp3) is 0.538. The summed E-state index contributed by atoms with van der Waals surface area (Å²) in [5.74, 6) is -0.239. The highest BCUT2D eigenvalue weighted by molar-refractivity contribution is 5.68. The van der Waals surface area contributed by atoms with Crippen LogP contribution >= 0.6 is 0 Å². The third-order valence-corrected chi connectivity index (χ3v) is 2.27. The van der Waals surface area contributed by atoms with Crippen LogP contribution in [0.15, 0.2) is 12.1 Å². The minimum Gasteiger partial charge on any atom is -0.491 e. The number of nitrogens with one attached hydrogen (secondary N) is 1. The number of nitrogen functional groups attached to an aromatic ring is 1. The minimum absolute atomic E-state index is 0.191.